The first-order chi connectivity index (χ1) is 12.9. The Balaban J connectivity index is 1.45. The van der Waals surface area contributed by atoms with E-state index in [0.717, 1.165) is 52.6 Å². The minimum Gasteiger partial charge on any atom is -0.368 e. The number of ether oxygens (including phenoxy) is 2. The lowest BCUT2D eigenvalue weighted by atomic mass is 10.0. The standard InChI is InChI=1S/C22H26N2O2/c1-5-21(6-2-19(1)17-23-9-13-25-14-10-23)22-7-3-20(4-8-22)18-24-11-15-26-16-12-24/h1-8,17-18H,9-16H2/q+2. The van der Waals surface area contributed by atoms with Crippen molar-refractivity contribution in [3.63, 3.8) is 0 Å². The van der Waals surface area contributed by atoms with Crippen molar-refractivity contribution in [3.05, 3.63) is 59.7 Å². The molecular formula is C22H26N2O2+2. The zero-order chi connectivity index (χ0) is 17.6. The van der Waals surface area contributed by atoms with Crippen LogP contribution < -0.4 is 0 Å². The highest BCUT2D eigenvalue weighted by Gasteiger charge is 2.12. The third-order valence-corrected chi connectivity index (χ3v) is 4.91. The molecule has 2 heterocycles. The molecule has 134 valence electrons. The van der Waals surface area contributed by atoms with E-state index < -0.39 is 0 Å². The third kappa shape index (κ3) is 4.45. The summed E-state index contributed by atoms with van der Waals surface area (Å²) < 4.78 is 15.5. The molecule has 0 N–H and O–H groups in total. The summed E-state index contributed by atoms with van der Waals surface area (Å²) in [6, 6.07) is 17.6. The van der Waals surface area contributed by atoms with Crippen LogP contribution in [0.25, 0.3) is 11.1 Å². The average molecular weight is 350 g/mol. The Morgan fingerprint density at radius 2 is 0.885 bits per heavy atom. The summed E-state index contributed by atoms with van der Waals surface area (Å²) in [5.41, 5.74) is 4.99. The van der Waals surface area contributed by atoms with Crippen molar-refractivity contribution < 1.29 is 18.6 Å². The van der Waals surface area contributed by atoms with E-state index in [4.69, 9.17) is 9.47 Å². The van der Waals surface area contributed by atoms with Crippen molar-refractivity contribution in [2.75, 3.05) is 52.6 Å². The van der Waals surface area contributed by atoms with Crippen molar-refractivity contribution in [1.82, 2.24) is 0 Å². The maximum Gasteiger partial charge on any atom is 0.170 e. The summed E-state index contributed by atoms with van der Waals surface area (Å²) in [6.07, 6.45) is 4.46. The van der Waals surface area contributed by atoms with E-state index in [0.29, 0.717) is 0 Å². The fraction of sp³-hybridized carbons (Fsp3) is 0.364. The van der Waals surface area contributed by atoms with Crippen LogP contribution in [0.1, 0.15) is 11.1 Å². The molecule has 0 atom stereocenters. The summed E-state index contributed by atoms with van der Waals surface area (Å²) in [6.45, 7) is 7.19. The van der Waals surface area contributed by atoms with E-state index in [-0.39, 0.29) is 0 Å². The van der Waals surface area contributed by atoms with Gasteiger partial charge in [0, 0.05) is 11.1 Å². The molecule has 0 aliphatic carbocycles. The van der Waals surface area contributed by atoms with Gasteiger partial charge in [-0.2, -0.15) is 0 Å². The molecule has 0 unspecified atom stereocenters. The van der Waals surface area contributed by atoms with Gasteiger partial charge < -0.3 is 9.47 Å². The number of hydrogen-bond acceptors (Lipinski definition) is 2. The number of rotatable bonds is 3. The molecule has 2 aromatic rings. The first-order valence-electron chi connectivity index (χ1n) is 9.41. The van der Waals surface area contributed by atoms with Gasteiger partial charge in [-0.05, 0) is 35.4 Å². The fourth-order valence-electron chi connectivity index (χ4n) is 3.36. The minimum atomic E-state index is 0.822. The Morgan fingerprint density at radius 3 is 1.23 bits per heavy atom. The van der Waals surface area contributed by atoms with Gasteiger partial charge in [-0.15, -0.1) is 0 Å². The molecule has 26 heavy (non-hydrogen) atoms. The molecule has 4 rings (SSSR count). The number of benzene rings is 2. The highest BCUT2D eigenvalue weighted by molar-refractivity contribution is 5.79. The second-order valence-corrected chi connectivity index (χ2v) is 6.80. The molecule has 2 fully saturated rings. The molecule has 4 nitrogen and oxygen atoms in total. The zero-order valence-electron chi connectivity index (χ0n) is 15.1. The average Bonchev–Trinajstić information content (AvgIpc) is 2.71. The van der Waals surface area contributed by atoms with E-state index in [2.05, 4.69) is 70.1 Å². The quantitative estimate of drug-likeness (QED) is 0.794. The van der Waals surface area contributed by atoms with Crippen molar-refractivity contribution in [2.45, 2.75) is 0 Å². The Morgan fingerprint density at radius 1 is 0.538 bits per heavy atom. The molecule has 0 spiro atoms. The van der Waals surface area contributed by atoms with E-state index in [1.807, 2.05) is 0 Å². The van der Waals surface area contributed by atoms with Gasteiger partial charge in [0.05, 0.1) is 0 Å². The van der Waals surface area contributed by atoms with Gasteiger partial charge in [-0.3, -0.25) is 0 Å². The van der Waals surface area contributed by atoms with Gasteiger partial charge in [0.15, 0.2) is 38.6 Å². The number of nitrogens with zero attached hydrogens (tertiary/aromatic N) is 2. The number of morpholine rings is 2. The molecule has 2 aliphatic heterocycles. The van der Waals surface area contributed by atoms with Crippen molar-refractivity contribution in [3.8, 4) is 11.1 Å². The SMILES string of the molecule is C(c1ccc(-c2ccc(C=[N+]3CCOCC3)cc2)cc1)=[N+]1CCOCC1. The minimum absolute atomic E-state index is 0.822. The normalized spacial score (nSPS) is 17.8. The summed E-state index contributed by atoms with van der Waals surface area (Å²) in [5.74, 6) is 0. The topological polar surface area (TPSA) is 24.5 Å². The maximum atomic E-state index is 5.40. The highest BCUT2D eigenvalue weighted by Crippen LogP contribution is 2.20. The predicted molar refractivity (Wildman–Crippen MR) is 104 cm³/mol. The van der Waals surface area contributed by atoms with Crippen LogP contribution in [0.4, 0.5) is 0 Å². The molecular weight excluding hydrogens is 324 g/mol. The maximum absolute atomic E-state index is 5.40. The van der Waals surface area contributed by atoms with Gasteiger partial charge in [0.2, 0.25) is 0 Å². The van der Waals surface area contributed by atoms with Crippen LogP contribution in [0.5, 0.6) is 0 Å². The largest absolute Gasteiger partial charge is 0.368 e. The van der Waals surface area contributed by atoms with Crippen LogP contribution in [-0.4, -0.2) is 74.2 Å². The van der Waals surface area contributed by atoms with E-state index in [9.17, 15) is 0 Å². The van der Waals surface area contributed by atoms with Gasteiger partial charge in [-0.25, -0.2) is 9.15 Å². The van der Waals surface area contributed by atoms with Crippen LogP contribution in [0, 0.1) is 0 Å². The van der Waals surface area contributed by atoms with E-state index >= 15 is 0 Å². The second-order valence-electron chi connectivity index (χ2n) is 6.80. The van der Waals surface area contributed by atoms with Gasteiger partial charge in [0.25, 0.3) is 0 Å². The van der Waals surface area contributed by atoms with Crippen LogP contribution in [0.3, 0.4) is 0 Å². The lowest BCUT2D eigenvalue weighted by molar-refractivity contribution is -0.544. The van der Waals surface area contributed by atoms with Gasteiger partial charge in [-0.1, -0.05) is 24.3 Å². The zero-order valence-corrected chi connectivity index (χ0v) is 15.1. The molecule has 4 heteroatoms. The lowest BCUT2D eigenvalue weighted by Crippen LogP contribution is -2.29. The molecule has 0 radical (unpaired) electrons. The van der Waals surface area contributed by atoms with Crippen LogP contribution >= 0.6 is 0 Å². The summed E-state index contributed by atoms with van der Waals surface area (Å²) in [7, 11) is 0. The Kier molecular flexibility index (Phi) is 5.53. The molecule has 0 bridgehead atoms. The summed E-state index contributed by atoms with van der Waals surface area (Å²) >= 11 is 0. The predicted octanol–water partition coefficient (Wildman–Crippen LogP) is 2.28. The third-order valence-electron chi connectivity index (χ3n) is 4.91. The fourth-order valence-corrected chi connectivity index (χ4v) is 3.36. The Bertz CT molecular complexity index is 706. The van der Waals surface area contributed by atoms with E-state index in [1.165, 1.54) is 22.3 Å². The molecule has 2 saturated heterocycles. The van der Waals surface area contributed by atoms with Gasteiger partial charge >= 0.3 is 0 Å². The molecule has 2 aromatic carbocycles. The number of hydrogen-bond donors (Lipinski definition) is 0. The monoisotopic (exact) mass is 350 g/mol. The van der Waals surface area contributed by atoms with Gasteiger partial charge in [0.1, 0.15) is 26.4 Å². The van der Waals surface area contributed by atoms with Crippen LogP contribution in [0.2, 0.25) is 0 Å². The molecule has 0 amide bonds. The highest BCUT2D eigenvalue weighted by atomic mass is 16.5. The lowest BCUT2D eigenvalue weighted by Gasteiger charge is -2.10. The molecule has 0 saturated carbocycles. The smallest absolute Gasteiger partial charge is 0.170 e. The van der Waals surface area contributed by atoms with E-state index in [1.54, 1.807) is 0 Å². The van der Waals surface area contributed by atoms with Crippen LogP contribution in [-0.2, 0) is 9.47 Å². The second kappa shape index (κ2) is 8.39. The van der Waals surface area contributed by atoms with Crippen LogP contribution in [0.15, 0.2) is 48.5 Å². The summed E-state index contributed by atoms with van der Waals surface area (Å²) in [5, 5.41) is 0. The molecule has 2 aliphatic rings. The first-order valence-corrected chi connectivity index (χ1v) is 9.41. The van der Waals surface area contributed by atoms with Crippen molar-refractivity contribution in [1.29, 1.82) is 0 Å². The van der Waals surface area contributed by atoms with Crippen molar-refractivity contribution >= 4 is 12.4 Å². The summed E-state index contributed by atoms with van der Waals surface area (Å²) in [4.78, 5) is 0. The molecule has 0 aromatic heterocycles. The Labute approximate surface area is 155 Å². The van der Waals surface area contributed by atoms with Crippen molar-refractivity contribution in [2.24, 2.45) is 0 Å². The first kappa shape index (κ1) is 17.1. The Hall–Kier alpha value is -2.30.